The third kappa shape index (κ3) is 4.72. The highest BCUT2D eigenvalue weighted by Crippen LogP contribution is 2.25. The molecule has 126 valence electrons. The Morgan fingerprint density at radius 1 is 1.00 bits per heavy atom. The van der Waals surface area contributed by atoms with Crippen LogP contribution in [0.3, 0.4) is 0 Å². The Labute approximate surface area is 145 Å². The third-order valence-corrected chi connectivity index (χ3v) is 4.42. The fourth-order valence-electron chi connectivity index (χ4n) is 2.95. The maximum absolute atomic E-state index is 6.16. The van der Waals surface area contributed by atoms with E-state index in [0.717, 1.165) is 31.4 Å². The first-order chi connectivity index (χ1) is 11.8. The molecule has 0 spiro atoms. The molecule has 1 aromatic rings. The standard InChI is InChI=1S/C22H26O2/c1-2-18-13-14-21(23-16-19-9-5-3-6-10-19)22(15-18)24-17-20-11-7-4-8-12-20/h4-5,7-13,15,21H,2-3,6,14,16-17H2,1H3. The summed E-state index contributed by atoms with van der Waals surface area (Å²) in [7, 11) is 0. The van der Waals surface area contributed by atoms with E-state index in [0.29, 0.717) is 13.2 Å². The van der Waals surface area contributed by atoms with Crippen molar-refractivity contribution in [3.63, 3.8) is 0 Å². The summed E-state index contributed by atoms with van der Waals surface area (Å²) in [6.45, 7) is 3.42. The van der Waals surface area contributed by atoms with Gasteiger partial charge in [0.1, 0.15) is 18.5 Å². The van der Waals surface area contributed by atoms with E-state index in [1.54, 1.807) is 0 Å². The molecule has 0 bridgehead atoms. The number of rotatable bonds is 7. The second kappa shape index (κ2) is 8.70. The first-order valence-corrected chi connectivity index (χ1v) is 8.89. The van der Waals surface area contributed by atoms with Crippen molar-refractivity contribution >= 4 is 0 Å². The minimum absolute atomic E-state index is 0.0141. The predicted molar refractivity (Wildman–Crippen MR) is 98.5 cm³/mol. The summed E-state index contributed by atoms with van der Waals surface area (Å²) in [6, 6.07) is 10.3. The molecule has 1 aromatic carbocycles. The molecule has 2 heteroatoms. The molecule has 3 rings (SSSR count). The second-order valence-electron chi connectivity index (χ2n) is 6.25. The molecule has 1 unspecified atom stereocenters. The minimum atomic E-state index is 0.0141. The predicted octanol–water partition coefficient (Wildman–Crippen LogP) is 5.49. The van der Waals surface area contributed by atoms with Gasteiger partial charge in [-0.2, -0.15) is 0 Å². The molecule has 0 radical (unpaired) electrons. The molecular formula is C22H26O2. The van der Waals surface area contributed by atoms with Gasteiger partial charge in [-0.15, -0.1) is 0 Å². The van der Waals surface area contributed by atoms with Gasteiger partial charge in [-0.05, 0) is 48.5 Å². The Bertz CT molecular complexity index is 650. The fourth-order valence-corrected chi connectivity index (χ4v) is 2.95. The molecule has 0 saturated carbocycles. The van der Waals surface area contributed by atoms with Crippen LogP contribution in [-0.4, -0.2) is 12.7 Å². The summed E-state index contributed by atoms with van der Waals surface area (Å²) in [5, 5.41) is 0. The van der Waals surface area contributed by atoms with E-state index in [1.807, 2.05) is 18.2 Å². The van der Waals surface area contributed by atoms with Gasteiger partial charge in [0.05, 0.1) is 6.61 Å². The molecule has 24 heavy (non-hydrogen) atoms. The maximum Gasteiger partial charge on any atom is 0.126 e. The van der Waals surface area contributed by atoms with Gasteiger partial charge in [0.25, 0.3) is 0 Å². The first-order valence-electron chi connectivity index (χ1n) is 8.89. The zero-order chi connectivity index (χ0) is 16.6. The molecule has 0 amide bonds. The van der Waals surface area contributed by atoms with Crippen LogP contribution in [-0.2, 0) is 16.1 Å². The van der Waals surface area contributed by atoms with Crippen LogP contribution < -0.4 is 0 Å². The average molecular weight is 322 g/mol. The van der Waals surface area contributed by atoms with E-state index in [9.17, 15) is 0 Å². The molecule has 0 N–H and O–H groups in total. The number of hydrogen-bond acceptors (Lipinski definition) is 2. The van der Waals surface area contributed by atoms with Crippen molar-refractivity contribution in [3.8, 4) is 0 Å². The largest absolute Gasteiger partial charge is 0.490 e. The van der Waals surface area contributed by atoms with Crippen LogP contribution in [0.2, 0.25) is 0 Å². The highest BCUT2D eigenvalue weighted by Gasteiger charge is 2.20. The highest BCUT2D eigenvalue weighted by molar-refractivity contribution is 5.29. The lowest BCUT2D eigenvalue weighted by Crippen LogP contribution is -2.21. The molecule has 2 nitrogen and oxygen atoms in total. The maximum atomic E-state index is 6.16. The van der Waals surface area contributed by atoms with Crippen LogP contribution in [0.4, 0.5) is 0 Å². The van der Waals surface area contributed by atoms with Crippen molar-refractivity contribution in [2.45, 2.75) is 45.3 Å². The van der Waals surface area contributed by atoms with Crippen molar-refractivity contribution in [2.24, 2.45) is 0 Å². The van der Waals surface area contributed by atoms with Crippen LogP contribution in [0.25, 0.3) is 0 Å². The molecular weight excluding hydrogens is 296 g/mol. The molecule has 0 aliphatic heterocycles. The lowest BCUT2D eigenvalue weighted by Gasteiger charge is -2.25. The van der Waals surface area contributed by atoms with Gasteiger partial charge in [0, 0.05) is 0 Å². The molecule has 2 aliphatic rings. The van der Waals surface area contributed by atoms with E-state index in [-0.39, 0.29) is 6.10 Å². The van der Waals surface area contributed by atoms with Gasteiger partial charge in [-0.3, -0.25) is 0 Å². The summed E-state index contributed by atoms with van der Waals surface area (Å²) >= 11 is 0. The number of benzene rings is 1. The quantitative estimate of drug-likeness (QED) is 0.661. The third-order valence-electron chi connectivity index (χ3n) is 4.42. The highest BCUT2D eigenvalue weighted by atomic mass is 16.5. The molecule has 0 saturated heterocycles. The van der Waals surface area contributed by atoms with Gasteiger partial charge in [0.2, 0.25) is 0 Å². The van der Waals surface area contributed by atoms with Gasteiger partial charge < -0.3 is 9.47 Å². The van der Waals surface area contributed by atoms with Crippen LogP contribution in [0, 0.1) is 0 Å². The van der Waals surface area contributed by atoms with E-state index in [4.69, 9.17) is 9.47 Å². The van der Waals surface area contributed by atoms with Crippen molar-refractivity contribution in [2.75, 3.05) is 6.61 Å². The normalized spacial score (nSPS) is 20.2. The summed E-state index contributed by atoms with van der Waals surface area (Å²) in [5.41, 5.74) is 3.78. The van der Waals surface area contributed by atoms with Crippen LogP contribution in [0.1, 0.15) is 38.2 Å². The van der Waals surface area contributed by atoms with Gasteiger partial charge >= 0.3 is 0 Å². The zero-order valence-electron chi connectivity index (χ0n) is 14.4. The van der Waals surface area contributed by atoms with Crippen molar-refractivity contribution in [3.05, 3.63) is 83.2 Å². The van der Waals surface area contributed by atoms with Crippen LogP contribution >= 0.6 is 0 Å². The zero-order valence-corrected chi connectivity index (χ0v) is 14.4. The Kier molecular flexibility index (Phi) is 6.08. The molecule has 0 aromatic heterocycles. The molecule has 1 atom stereocenters. The number of allylic oxidation sites excluding steroid dienone is 4. The minimum Gasteiger partial charge on any atom is -0.490 e. The SMILES string of the molecule is CCC1=CCC(OCC2=CCCC=C2)C(OCc2ccccc2)=C1. The smallest absolute Gasteiger partial charge is 0.126 e. The van der Waals surface area contributed by atoms with Crippen LogP contribution in [0.15, 0.2) is 77.6 Å². The van der Waals surface area contributed by atoms with Crippen molar-refractivity contribution < 1.29 is 9.47 Å². The molecule has 0 heterocycles. The van der Waals surface area contributed by atoms with Crippen LogP contribution in [0.5, 0.6) is 0 Å². The second-order valence-corrected chi connectivity index (χ2v) is 6.25. The van der Waals surface area contributed by atoms with E-state index < -0.39 is 0 Å². The Hall–Kier alpha value is -2.06. The summed E-state index contributed by atoms with van der Waals surface area (Å²) in [6.07, 6.45) is 15.3. The first kappa shape index (κ1) is 16.8. The summed E-state index contributed by atoms with van der Waals surface area (Å²) in [4.78, 5) is 0. The van der Waals surface area contributed by atoms with Crippen molar-refractivity contribution in [1.29, 1.82) is 0 Å². The van der Waals surface area contributed by atoms with Gasteiger partial charge in [-0.1, -0.05) is 61.6 Å². The lowest BCUT2D eigenvalue weighted by atomic mass is 10.0. The Morgan fingerprint density at radius 3 is 2.62 bits per heavy atom. The van der Waals surface area contributed by atoms with E-state index in [1.165, 1.54) is 16.7 Å². The Morgan fingerprint density at radius 2 is 1.88 bits per heavy atom. The van der Waals surface area contributed by atoms with Crippen molar-refractivity contribution in [1.82, 2.24) is 0 Å². The number of ether oxygens (including phenoxy) is 2. The summed E-state index contributed by atoms with van der Waals surface area (Å²) in [5.74, 6) is 0.957. The fraction of sp³-hybridized carbons (Fsp3) is 0.364. The van der Waals surface area contributed by atoms with E-state index >= 15 is 0 Å². The molecule has 0 fully saturated rings. The summed E-state index contributed by atoms with van der Waals surface area (Å²) < 4.78 is 12.3. The lowest BCUT2D eigenvalue weighted by molar-refractivity contribution is 0.0375. The monoisotopic (exact) mass is 322 g/mol. The number of hydrogen-bond donors (Lipinski definition) is 0. The Balaban J connectivity index is 1.61. The topological polar surface area (TPSA) is 18.5 Å². The average Bonchev–Trinajstić information content (AvgIpc) is 2.66. The van der Waals surface area contributed by atoms with Gasteiger partial charge in [-0.25, -0.2) is 0 Å². The van der Waals surface area contributed by atoms with E-state index in [2.05, 4.69) is 49.4 Å². The molecule has 2 aliphatic carbocycles. The van der Waals surface area contributed by atoms with Gasteiger partial charge in [0.15, 0.2) is 0 Å².